The summed E-state index contributed by atoms with van der Waals surface area (Å²) in [7, 11) is -5.28. The maximum Gasteiger partial charge on any atom is 0.322 e. The number of carboxylic acid groups (broad SMARTS) is 1. The van der Waals surface area contributed by atoms with Crippen molar-refractivity contribution in [2.75, 3.05) is 33.9 Å². The molecule has 1 aliphatic rings. The van der Waals surface area contributed by atoms with Crippen LogP contribution in [0.5, 0.6) is 11.5 Å². The molecule has 4 atom stereocenters. The highest BCUT2D eigenvalue weighted by atomic mass is 32.2. The van der Waals surface area contributed by atoms with Gasteiger partial charge in [0.1, 0.15) is 41.8 Å². The van der Waals surface area contributed by atoms with Crippen molar-refractivity contribution in [1.29, 1.82) is 0 Å². The number of carbonyl (C=O) groups is 7. The van der Waals surface area contributed by atoms with Crippen LogP contribution in [0, 0.1) is 41.5 Å². The number of aliphatic imine (C=N–C) groups is 1. The van der Waals surface area contributed by atoms with E-state index in [9.17, 15) is 55.5 Å². The van der Waals surface area contributed by atoms with Crippen molar-refractivity contribution in [3.8, 4) is 11.5 Å². The summed E-state index contributed by atoms with van der Waals surface area (Å²) in [5, 5.41) is 19.0. The van der Waals surface area contributed by atoms with Gasteiger partial charge in [-0.15, -0.1) is 0 Å². The molecule has 0 unspecified atom stereocenters. The number of aliphatic carboxylic acids is 1. The van der Waals surface area contributed by atoms with E-state index in [1.807, 2.05) is 0 Å². The highest BCUT2D eigenvalue weighted by molar-refractivity contribution is 7.90. The molecule has 0 spiro atoms. The maximum absolute atomic E-state index is 14.3. The fraction of sp³-hybridized carbons (Fsp3) is 0.490. The van der Waals surface area contributed by atoms with E-state index in [0.717, 1.165) is 4.90 Å². The number of guanidine groups is 1. The molecule has 3 aromatic rings. The van der Waals surface area contributed by atoms with Gasteiger partial charge in [0.2, 0.25) is 45.5 Å². The van der Waals surface area contributed by atoms with Gasteiger partial charge in [-0.1, -0.05) is 24.3 Å². The molecule has 1 saturated heterocycles. The fourth-order valence-electron chi connectivity index (χ4n) is 8.55. The van der Waals surface area contributed by atoms with Crippen molar-refractivity contribution in [1.82, 2.24) is 35.6 Å². The van der Waals surface area contributed by atoms with Crippen LogP contribution in [0.25, 0.3) is 0 Å². The van der Waals surface area contributed by atoms with E-state index in [1.54, 1.807) is 98.7 Å². The first kappa shape index (κ1) is 63.2. The minimum absolute atomic E-state index is 0.00516. The SMILES string of the molecule is COc1cc(C)c(S(=O)(=O)NCc2ccc(CN3C(=O)[C@@H](CNC(=O)[C@@H](N)CC(=O)OC(C)(C)C)NC(=O)[C@@H]3CC(=O)N[C@@H](CCCN=C(N)NS(=O)(=O)c3c(C)cc(OC)c(C)c3C)C(=O)NCC(=O)O)cc2)c(C)c1C. The van der Waals surface area contributed by atoms with Crippen LogP contribution in [0.3, 0.4) is 0 Å². The van der Waals surface area contributed by atoms with E-state index in [4.69, 9.17) is 25.7 Å². The van der Waals surface area contributed by atoms with Gasteiger partial charge in [-0.05, 0) is 132 Å². The van der Waals surface area contributed by atoms with Crippen LogP contribution >= 0.6 is 0 Å². The smallest absolute Gasteiger partial charge is 0.322 e. The van der Waals surface area contributed by atoms with Crippen molar-refractivity contribution in [3.05, 3.63) is 80.9 Å². The predicted molar refractivity (Wildman–Crippen MR) is 286 cm³/mol. The van der Waals surface area contributed by atoms with Crippen LogP contribution in [0.1, 0.15) is 91.0 Å². The molecule has 0 bridgehead atoms. The molecule has 0 aromatic heterocycles. The number of carbonyl (C=O) groups excluding carboxylic acids is 6. The lowest BCUT2D eigenvalue weighted by molar-refractivity contribution is -0.156. The molecule has 78 heavy (non-hydrogen) atoms. The Kier molecular flexibility index (Phi) is 21.7. The monoisotopic (exact) mass is 1130 g/mol. The molecule has 5 amide bonds. The third-order valence-electron chi connectivity index (χ3n) is 12.6. The summed E-state index contributed by atoms with van der Waals surface area (Å²) in [4.78, 5) is 97.5. The number of piperazine rings is 1. The highest BCUT2D eigenvalue weighted by Gasteiger charge is 2.42. The minimum Gasteiger partial charge on any atom is -0.496 e. The van der Waals surface area contributed by atoms with Crippen LogP contribution in [-0.4, -0.2) is 138 Å². The third kappa shape index (κ3) is 17.1. The number of methoxy groups -OCH3 is 2. The molecule has 25 nitrogen and oxygen atoms in total. The number of sulfonamides is 2. The number of amides is 5. The molecular weight excluding hydrogens is 1060 g/mol. The van der Waals surface area contributed by atoms with Crippen LogP contribution in [0.4, 0.5) is 0 Å². The highest BCUT2D eigenvalue weighted by Crippen LogP contribution is 2.32. The van der Waals surface area contributed by atoms with Gasteiger partial charge >= 0.3 is 11.9 Å². The average Bonchev–Trinajstić information content (AvgIpc) is 3.38. The zero-order chi connectivity index (χ0) is 58.6. The van der Waals surface area contributed by atoms with Crippen LogP contribution < -0.4 is 51.7 Å². The van der Waals surface area contributed by atoms with Gasteiger partial charge in [0.25, 0.3) is 10.0 Å². The van der Waals surface area contributed by atoms with E-state index in [2.05, 4.69) is 35.7 Å². The van der Waals surface area contributed by atoms with E-state index in [-0.39, 0.29) is 42.3 Å². The summed E-state index contributed by atoms with van der Waals surface area (Å²) in [5.41, 5.74) is 15.1. The Morgan fingerprint density at radius 3 is 1.91 bits per heavy atom. The topological polar surface area (TPSA) is 376 Å². The largest absolute Gasteiger partial charge is 0.496 e. The van der Waals surface area contributed by atoms with Crippen molar-refractivity contribution in [2.45, 2.75) is 141 Å². The fourth-order valence-corrected chi connectivity index (χ4v) is 11.6. The zero-order valence-corrected chi connectivity index (χ0v) is 47.3. The lowest BCUT2D eigenvalue weighted by atomic mass is 10.0. The zero-order valence-electron chi connectivity index (χ0n) is 45.7. The lowest BCUT2D eigenvalue weighted by Gasteiger charge is -2.39. The molecule has 1 aliphatic heterocycles. The standard InChI is InChI=1S/C51H72N10O15S2/c1-27-19-39(74-10)29(3)31(5)44(27)77(70,71)57-23-33-14-16-34(17-15-33)26-61-38(48(68)59-37(49(61)69)24-55-46(66)35(52)21-43(65)76-51(7,8)9)22-41(62)58-36(47(67)56-25-42(63)64)13-12-18-54-50(53)60-78(72,73)45-28(2)20-40(75-11)30(4)32(45)6/h14-17,19-20,35-38,57H,12-13,18,21-26,52H2,1-11H3,(H,55,66)(H,56,67)(H,58,62)(H,59,68)(H,63,64)(H3,53,54,60)/t35-,36-,37+,38-/m0/s1. The van der Waals surface area contributed by atoms with Crippen LogP contribution in [0.2, 0.25) is 0 Å². The van der Waals surface area contributed by atoms with E-state index in [0.29, 0.717) is 56.0 Å². The van der Waals surface area contributed by atoms with Gasteiger partial charge in [-0.25, -0.2) is 26.3 Å². The van der Waals surface area contributed by atoms with E-state index < -0.39 is 123 Å². The molecule has 428 valence electrons. The number of hydrogen-bond acceptors (Lipinski definition) is 16. The normalized spacial score (nSPS) is 15.8. The number of nitrogens with one attached hydrogen (secondary N) is 6. The molecule has 4 rings (SSSR count). The number of nitrogens with two attached hydrogens (primary N) is 2. The molecule has 27 heteroatoms. The average molecular weight is 1130 g/mol. The first-order valence-electron chi connectivity index (χ1n) is 24.6. The summed E-state index contributed by atoms with van der Waals surface area (Å²) >= 11 is 0. The maximum atomic E-state index is 14.3. The number of esters is 1. The molecule has 1 heterocycles. The van der Waals surface area contributed by atoms with Gasteiger partial charge in [-0.2, -0.15) is 0 Å². The Bertz CT molecular complexity index is 3030. The van der Waals surface area contributed by atoms with Gasteiger partial charge in [0.05, 0.1) is 42.9 Å². The quantitative estimate of drug-likeness (QED) is 0.0242. The number of aryl methyl sites for hydroxylation is 2. The second-order valence-corrected chi connectivity index (χ2v) is 23.0. The number of benzene rings is 3. The van der Waals surface area contributed by atoms with Crippen molar-refractivity contribution < 1.29 is 69.7 Å². The number of ether oxygens (including phenoxy) is 3. The van der Waals surface area contributed by atoms with Crippen LogP contribution in [-0.2, 0) is 71.4 Å². The molecule has 0 aliphatic carbocycles. The Balaban J connectivity index is 1.54. The number of carboxylic acids is 1. The third-order valence-corrected chi connectivity index (χ3v) is 15.9. The number of nitrogens with zero attached hydrogens (tertiary/aromatic N) is 2. The molecule has 1 fully saturated rings. The van der Waals surface area contributed by atoms with Gasteiger partial charge in [0, 0.05) is 26.2 Å². The Morgan fingerprint density at radius 2 is 1.37 bits per heavy atom. The summed E-state index contributed by atoms with van der Waals surface area (Å²) in [6.07, 6.45) is -1.40. The van der Waals surface area contributed by atoms with Gasteiger partial charge in [0.15, 0.2) is 0 Å². The van der Waals surface area contributed by atoms with Crippen molar-refractivity contribution >= 4 is 67.5 Å². The minimum atomic E-state index is -4.22. The number of hydrogen-bond donors (Lipinski definition) is 9. The Morgan fingerprint density at radius 1 is 0.821 bits per heavy atom. The van der Waals surface area contributed by atoms with E-state index in [1.165, 1.54) is 14.2 Å². The summed E-state index contributed by atoms with van der Waals surface area (Å²) in [6, 6.07) is 3.89. The molecule has 11 N–H and O–H groups in total. The summed E-state index contributed by atoms with van der Waals surface area (Å²) < 4.78 is 74.7. The molecule has 0 saturated carbocycles. The van der Waals surface area contributed by atoms with Gasteiger partial charge in [-0.3, -0.25) is 38.6 Å². The molecule has 0 radical (unpaired) electrons. The first-order valence-corrected chi connectivity index (χ1v) is 27.6. The second kappa shape index (κ2) is 26.8. The summed E-state index contributed by atoms with van der Waals surface area (Å²) in [5.74, 6) is -5.81. The first-order chi connectivity index (χ1) is 36.3. The Labute approximate surface area is 454 Å². The van der Waals surface area contributed by atoms with Gasteiger partial charge < -0.3 is 57.0 Å². The van der Waals surface area contributed by atoms with Crippen molar-refractivity contribution in [2.24, 2.45) is 16.5 Å². The predicted octanol–water partition coefficient (Wildman–Crippen LogP) is 0.553. The second-order valence-electron chi connectivity index (χ2n) is 19.7. The van der Waals surface area contributed by atoms with E-state index >= 15 is 0 Å². The lowest BCUT2D eigenvalue weighted by Crippen LogP contribution is -2.66. The molecular formula is C51H72N10O15S2. The van der Waals surface area contributed by atoms with Crippen molar-refractivity contribution in [3.63, 3.8) is 0 Å². The Hall–Kier alpha value is -7.36. The number of rotatable bonds is 25. The van der Waals surface area contributed by atoms with Crippen LogP contribution in [0.15, 0.2) is 51.2 Å². The summed E-state index contributed by atoms with van der Waals surface area (Å²) in [6.45, 7) is 13.1. The molecule has 3 aromatic carbocycles.